The second-order valence-corrected chi connectivity index (χ2v) is 6.57. The van der Waals surface area contributed by atoms with Crippen molar-refractivity contribution in [1.29, 1.82) is 0 Å². The second kappa shape index (κ2) is 8.81. The Morgan fingerprint density at radius 2 is 2.06 bits per heavy atom. The van der Waals surface area contributed by atoms with Crippen LogP contribution in [0.3, 0.4) is 0 Å². The number of ether oxygens (including phenoxy) is 1. The van der Waals surface area contributed by atoms with Gasteiger partial charge in [-0.3, -0.25) is 4.79 Å². The van der Waals surface area contributed by atoms with Gasteiger partial charge in [-0.15, -0.1) is 0 Å². The molecule has 0 aromatic heterocycles. The van der Waals surface area contributed by atoms with Crippen molar-refractivity contribution in [3.63, 3.8) is 0 Å². The van der Waals surface area contributed by atoms with Crippen LogP contribution in [-0.4, -0.2) is 35.7 Å². The van der Waals surface area contributed by atoms with Gasteiger partial charge >= 0.3 is 5.97 Å². The van der Waals surface area contributed by atoms with E-state index in [1.807, 2.05) is 32.5 Å². The van der Waals surface area contributed by atoms with E-state index in [9.17, 15) is 4.79 Å². The molecule has 3 nitrogen and oxygen atoms in total. The fraction of sp³-hybridized carbons (Fsp3) is 0.923. The van der Waals surface area contributed by atoms with Gasteiger partial charge in [0.15, 0.2) is 0 Å². The van der Waals surface area contributed by atoms with E-state index in [-0.39, 0.29) is 11.6 Å². The van der Waals surface area contributed by atoms with Gasteiger partial charge < -0.3 is 10.1 Å². The van der Waals surface area contributed by atoms with Crippen molar-refractivity contribution in [2.24, 2.45) is 0 Å². The minimum absolute atomic E-state index is 0.125. The van der Waals surface area contributed by atoms with Crippen LogP contribution < -0.4 is 5.32 Å². The molecule has 0 aromatic rings. The highest BCUT2D eigenvalue weighted by molar-refractivity contribution is 7.99. The van der Waals surface area contributed by atoms with Crippen molar-refractivity contribution >= 4 is 17.7 Å². The Labute approximate surface area is 110 Å². The van der Waals surface area contributed by atoms with Gasteiger partial charge in [0.05, 0.1) is 6.42 Å². The van der Waals surface area contributed by atoms with Crippen LogP contribution in [0.4, 0.5) is 0 Å². The highest BCUT2D eigenvalue weighted by atomic mass is 32.2. The van der Waals surface area contributed by atoms with Crippen molar-refractivity contribution in [1.82, 2.24) is 5.32 Å². The Kier molecular flexibility index (Phi) is 8.70. The van der Waals surface area contributed by atoms with Crippen LogP contribution in [0.1, 0.15) is 47.5 Å². The molecule has 0 spiro atoms. The first-order chi connectivity index (χ1) is 7.85. The third kappa shape index (κ3) is 12.0. The quantitative estimate of drug-likeness (QED) is 0.538. The monoisotopic (exact) mass is 261 g/mol. The lowest BCUT2D eigenvalue weighted by atomic mass is 10.2. The predicted molar refractivity (Wildman–Crippen MR) is 75.5 cm³/mol. The Balaban J connectivity index is 3.52. The van der Waals surface area contributed by atoms with E-state index in [0.717, 1.165) is 6.42 Å². The summed E-state index contributed by atoms with van der Waals surface area (Å²) in [6, 6.07) is 0.469. The van der Waals surface area contributed by atoms with Gasteiger partial charge in [-0.1, -0.05) is 6.92 Å². The number of esters is 1. The Hall–Kier alpha value is -0.220. The highest BCUT2D eigenvalue weighted by Gasteiger charge is 2.15. The van der Waals surface area contributed by atoms with E-state index in [4.69, 9.17) is 4.74 Å². The Morgan fingerprint density at radius 3 is 2.59 bits per heavy atom. The fourth-order valence-corrected chi connectivity index (χ4v) is 2.13. The van der Waals surface area contributed by atoms with Crippen LogP contribution in [0.2, 0.25) is 0 Å². The molecule has 17 heavy (non-hydrogen) atoms. The molecular weight excluding hydrogens is 234 g/mol. The molecular formula is C13H27NO2S. The number of hydrogen-bond donors (Lipinski definition) is 1. The van der Waals surface area contributed by atoms with Crippen LogP contribution in [0.25, 0.3) is 0 Å². The predicted octanol–water partition coefficient (Wildman–Crippen LogP) is 2.84. The molecule has 0 aliphatic rings. The van der Waals surface area contributed by atoms with Crippen LogP contribution >= 0.6 is 11.8 Å². The number of nitrogens with one attached hydrogen (secondary N) is 1. The van der Waals surface area contributed by atoms with Gasteiger partial charge in [0.1, 0.15) is 5.60 Å². The van der Waals surface area contributed by atoms with Crippen molar-refractivity contribution in [2.75, 3.05) is 18.1 Å². The molecule has 1 atom stereocenters. The Morgan fingerprint density at radius 1 is 1.41 bits per heavy atom. The summed E-state index contributed by atoms with van der Waals surface area (Å²) in [5.74, 6) is 2.22. The molecule has 102 valence electrons. The zero-order valence-electron chi connectivity index (χ0n) is 11.8. The molecule has 4 heteroatoms. The highest BCUT2D eigenvalue weighted by Crippen LogP contribution is 2.08. The summed E-state index contributed by atoms with van der Waals surface area (Å²) in [7, 11) is 0. The maximum Gasteiger partial charge on any atom is 0.307 e. The fourth-order valence-electron chi connectivity index (χ4n) is 1.32. The summed E-state index contributed by atoms with van der Waals surface area (Å²) < 4.78 is 5.24. The molecule has 0 aliphatic heterocycles. The second-order valence-electron chi connectivity index (χ2n) is 5.18. The normalized spacial score (nSPS) is 13.5. The zero-order valence-corrected chi connectivity index (χ0v) is 12.7. The SMILES string of the molecule is CCSCCC(C)NCCC(=O)OC(C)(C)C. The molecule has 0 saturated carbocycles. The minimum Gasteiger partial charge on any atom is -0.460 e. The van der Waals surface area contributed by atoms with Crippen LogP contribution in [0.15, 0.2) is 0 Å². The molecule has 0 amide bonds. The topological polar surface area (TPSA) is 38.3 Å². The van der Waals surface area contributed by atoms with Crippen molar-refractivity contribution in [3.8, 4) is 0 Å². The average Bonchev–Trinajstić information content (AvgIpc) is 2.15. The lowest BCUT2D eigenvalue weighted by molar-refractivity contribution is -0.154. The van der Waals surface area contributed by atoms with E-state index in [1.54, 1.807) is 0 Å². The standard InChI is InChI=1S/C13H27NO2S/c1-6-17-10-8-11(2)14-9-7-12(15)16-13(3,4)5/h11,14H,6-10H2,1-5H3. The first-order valence-electron chi connectivity index (χ1n) is 6.38. The molecule has 1 N–H and O–H groups in total. The van der Waals surface area contributed by atoms with Crippen LogP contribution in [-0.2, 0) is 9.53 Å². The van der Waals surface area contributed by atoms with Crippen molar-refractivity contribution in [2.45, 2.75) is 59.1 Å². The smallest absolute Gasteiger partial charge is 0.307 e. The number of thioether (sulfide) groups is 1. The number of hydrogen-bond acceptors (Lipinski definition) is 4. The number of rotatable bonds is 8. The van der Waals surface area contributed by atoms with E-state index >= 15 is 0 Å². The molecule has 0 aliphatic carbocycles. The summed E-state index contributed by atoms with van der Waals surface area (Å²) in [6.07, 6.45) is 1.59. The maximum atomic E-state index is 11.4. The van der Waals surface area contributed by atoms with Crippen molar-refractivity contribution < 1.29 is 9.53 Å². The summed E-state index contributed by atoms with van der Waals surface area (Å²) in [5.41, 5.74) is -0.375. The van der Waals surface area contributed by atoms with Gasteiger partial charge in [0.2, 0.25) is 0 Å². The van der Waals surface area contributed by atoms with Crippen molar-refractivity contribution in [3.05, 3.63) is 0 Å². The summed E-state index contributed by atoms with van der Waals surface area (Å²) in [5, 5.41) is 3.34. The number of carbonyl (C=O) groups excluding carboxylic acids is 1. The lowest BCUT2D eigenvalue weighted by Crippen LogP contribution is -2.31. The average molecular weight is 261 g/mol. The summed E-state index contributed by atoms with van der Waals surface area (Å²) in [6.45, 7) is 10.7. The molecule has 0 heterocycles. The molecule has 0 saturated heterocycles. The van der Waals surface area contributed by atoms with Gasteiger partial charge in [0.25, 0.3) is 0 Å². The third-order valence-corrected chi connectivity index (χ3v) is 3.07. The van der Waals surface area contributed by atoms with Gasteiger partial charge in [-0.05, 0) is 45.6 Å². The molecule has 1 unspecified atom stereocenters. The number of carbonyl (C=O) groups is 1. The lowest BCUT2D eigenvalue weighted by Gasteiger charge is -2.20. The van der Waals surface area contributed by atoms with Gasteiger partial charge in [-0.25, -0.2) is 0 Å². The van der Waals surface area contributed by atoms with Gasteiger partial charge in [-0.2, -0.15) is 11.8 Å². The zero-order chi connectivity index (χ0) is 13.3. The first-order valence-corrected chi connectivity index (χ1v) is 7.53. The summed E-state index contributed by atoms with van der Waals surface area (Å²) >= 11 is 1.95. The van der Waals surface area contributed by atoms with E-state index < -0.39 is 0 Å². The van der Waals surface area contributed by atoms with E-state index in [0.29, 0.717) is 19.0 Å². The molecule has 0 rings (SSSR count). The first kappa shape index (κ1) is 16.8. The third-order valence-electron chi connectivity index (χ3n) is 2.14. The van der Waals surface area contributed by atoms with E-state index in [2.05, 4.69) is 19.2 Å². The molecule has 0 fully saturated rings. The largest absolute Gasteiger partial charge is 0.460 e. The van der Waals surface area contributed by atoms with Crippen LogP contribution in [0, 0.1) is 0 Å². The van der Waals surface area contributed by atoms with E-state index in [1.165, 1.54) is 11.5 Å². The minimum atomic E-state index is -0.375. The Bertz CT molecular complexity index is 214. The van der Waals surface area contributed by atoms with Gasteiger partial charge in [0, 0.05) is 12.6 Å². The maximum absolute atomic E-state index is 11.4. The molecule has 0 radical (unpaired) electrons. The van der Waals surface area contributed by atoms with Crippen LogP contribution in [0.5, 0.6) is 0 Å². The summed E-state index contributed by atoms with van der Waals surface area (Å²) in [4.78, 5) is 11.4. The molecule has 0 aromatic carbocycles. The molecule has 0 bridgehead atoms.